The van der Waals surface area contributed by atoms with Gasteiger partial charge in [-0.05, 0) is 68.9 Å². The largest absolute Gasteiger partial charge is 0.462 e. The van der Waals surface area contributed by atoms with E-state index in [1.54, 1.807) is 6.92 Å². The summed E-state index contributed by atoms with van der Waals surface area (Å²) in [6, 6.07) is 4.86. The summed E-state index contributed by atoms with van der Waals surface area (Å²) in [6.45, 7) is 5.48. The molecule has 2 atom stereocenters. The van der Waals surface area contributed by atoms with Crippen LogP contribution in [0.25, 0.3) is 0 Å². The number of carbonyl (C=O) groups excluding carboxylic acids is 3. The molecule has 3 N–H and O–H groups in total. The minimum atomic E-state index is -3.89. The number of primary sulfonamides is 1. The van der Waals surface area contributed by atoms with E-state index in [9.17, 15) is 22.8 Å². The Balaban J connectivity index is 1.74. The quantitative estimate of drug-likeness (QED) is 0.564. The fourth-order valence-electron chi connectivity index (χ4n) is 3.53. The molecule has 11 heteroatoms. The Morgan fingerprint density at radius 3 is 2.48 bits per heavy atom. The standard InChI is InChI=1S/C22H26N2O7S2/c1-4-30-22(27)18-16-10-5-12(2)11-17(16)32-20(18)24-19(25)13(3)31-21(26)14-6-8-15(9-7-14)33(23,28)29/h6-9,12-13H,4-5,10-11H2,1-3H3,(H,24,25)(H2,23,28,29). The van der Waals surface area contributed by atoms with Gasteiger partial charge < -0.3 is 14.8 Å². The first-order valence-electron chi connectivity index (χ1n) is 10.5. The summed E-state index contributed by atoms with van der Waals surface area (Å²) in [7, 11) is -3.89. The average molecular weight is 495 g/mol. The highest BCUT2D eigenvalue weighted by Crippen LogP contribution is 2.40. The number of hydrogen-bond acceptors (Lipinski definition) is 8. The van der Waals surface area contributed by atoms with Gasteiger partial charge in [0.25, 0.3) is 5.91 Å². The predicted molar refractivity (Wildman–Crippen MR) is 123 cm³/mol. The van der Waals surface area contributed by atoms with Gasteiger partial charge in [-0.15, -0.1) is 11.3 Å². The molecule has 0 aliphatic heterocycles. The molecule has 1 aliphatic carbocycles. The Morgan fingerprint density at radius 2 is 1.88 bits per heavy atom. The number of fused-ring (bicyclic) bond motifs is 1. The van der Waals surface area contributed by atoms with Gasteiger partial charge in [-0.25, -0.2) is 23.1 Å². The lowest BCUT2D eigenvalue weighted by Gasteiger charge is -2.18. The Morgan fingerprint density at radius 1 is 1.21 bits per heavy atom. The minimum absolute atomic E-state index is 0.0647. The van der Waals surface area contributed by atoms with Crippen LogP contribution in [0.3, 0.4) is 0 Å². The first kappa shape index (κ1) is 24.9. The lowest BCUT2D eigenvalue weighted by molar-refractivity contribution is -0.123. The second kappa shape index (κ2) is 10.0. The minimum Gasteiger partial charge on any atom is -0.462 e. The SMILES string of the molecule is CCOC(=O)c1c(NC(=O)C(C)OC(=O)c2ccc(S(N)(=O)=O)cc2)sc2c1CCC(C)C2. The molecule has 1 amide bonds. The van der Waals surface area contributed by atoms with Crippen molar-refractivity contribution in [3.05, 3.63) is 45.8 Å². The van der Waals surface area contributed by atoms with Crippen LogP contribution in [0, 0.1) is 5.92 Å². The highest BCUT2D eigenvalue weighted by molar-refractivity contribution is 7.89. The lowest BCUT2D eigenvalue weighted by Crippen LogP contribution is -2.30. The number of thiophene rings is 1. The summed E-state index contributed by atoms with van der Waals surface area (Å²) >= 11 is 1.34. The summed E-state index contributed by atoms with van der Waals surface area (Å²) in [5, 5.41) is 8.14. The van der Waals surface area contributed by atoms with Crippen molar-refractivity contribution in [3.63, 3.8) is 0 Å². The molecule has 0 radical (unpaired) electrons. The average Bonchev–Trinajstić information content (AvgIpc) is 3.10. The third-order valence-corrected chi connectivity index (χ3v) is 7.40. The number of carbonyl (C=O) groups is 3. The molecule has 2 aromatic rings. The second-order valence-electron chi connectivity index (χ2n) is 7.88. The predicted octanol–water partition coefficient (Wildman–Crippen LogP) is 2.88. The molecule has 1 aromatic heterocycles. The summed E-state index contributed by atoms with van der Waals surface area (Å²) in [5.41, 5.74) is 1.34. The van der Waals surface area contributed by atoms with Gasteiger partial charge in [0, 0.05) is 4.88 Å². The van der Waals surface area contributed by atoms with Crippen LogP contribution in [0.4, 0.5) is 5.00 Å². The maximum atomic E-state index is 12.7. The third kappa shape index (κ3) is 5.79. The lowest BCUT2D eigenvalue weighted by atomic mass is 9.88. The van der Waals surface area contributed by atoms with Crippen LogP contribution in [0.2, 0.25) is 0 Å². The monoisotopic (exact) mass is 494 g/mol. The van der Waals surface area contributed by atoms with Gasteiger partial charge in [0.2, 0.25) is 10.0 Å². The number of esters is 2. The molecule has 1 aromatic carbocycles. The molecule has 33 heavy (non-hydrogen) atoms. The molecule has 0 spiro atoms. The van der Waals surface area contributed by atoms with Crippen molar-refractivity contribution in [3.8, 4) is 0 Å². The van der Waals surface area contributed by atoms with Gasteiger partial charge in [-0.2, -0.15) is 0 Å². The van der Waals surface area contributed by atoms with Crippen molar-refractivity contribution in [2.45, 2.75) is 51.0 Å². The van der Waals surface area contributed by atoms with E-state index in [-0.39, 0.29) is 17.1 Å². The Bertz CT molecular complexity index is 1170. The van der Waals surface area contributed by atoms with Crippen molar-refractivity contribution in [2.75, 3.05) is 11.9 Å². The van der Waals surface area contributed by atoms with E-state index >= 15 is 0 Å². The normalized spacial score (nSPS) is 16.4. The molecular weight excluding hydrogens is 468 g/mol. The summed E-state index contributed by atoms with van der Waals surface area (Å²) < 4.78 is 33.1. The van der Waals surface area contributed by atoms with Gasteiger partial charge in [0.15, 0.2) is 6.10 Å². The first-order chi connectivity index (χ1) is 15.5. The van der Waals surface area contributed by atoms with Crippen LogP contribution in [0.5, 0.6) is 0 Å². The van der Waals surface area contributed by atoms with E-state index in [0.717, 1.165) is 29.7 Å². The van der Waals surface area contributed by atoms with Crippen molar-refractivity contribution >= 4 is 44.2 Å². The highest BCUT2D eigenvalue weighted by atomic mass is 32.2. The molecule has 178 valence electrons. The van der Waals surface area contributed by atoms with Gasteiger partial charge in [0.1, 0.15) is 5.00 Å². The molecule has 0 saturated heterocycles. The Hall–Kier alpha value is -2.76. The fourth-order valence-corrected chi connectivity index (χ4v) is 5.45. The van der Waals surface area contributed by atoms with Crippen molar-refractivity contribution in [2.24, 2.45) is 11.1 Å². The van der Waals surface area contributed by atoms with Crippen LogP contribution in [-0.2, 0) is 37.1 Å². The molecule has 2 unspecified atom stereocenters. The number of amides is 1. The van der Waals surface area contributed by atoms with Crippen LogP contribution in [0.1, 0.15) is 58.3 Å². The molecular formula is C22H26N2O7S2. The maximum absolute atomic E-state index is 12.7. The third-order valence-electron chi connectivity index (χ3n) is 5.30. The van der Waals surface area contributed by atoms with E-state index < -0.39 is 34.0 Å². The zero-order valence-electron chi connectivity index (χ0n) is 18.5. The maximum Gasteiger partial charge on any atom is 0.341 e. The molecule has 0 saturated carbocycles. The van der Waals surface area contributed by atoms with E-state index in [1.165, 1.54) is 42.5 Å². The number of nitrogens with two attached hydrogens (primary N) is 1. The molecule has 0 fully saturated rings. The van der Waals surface area contributed by atoms with Gasteiger partial charge >= 0.3 is 11.9 Å². The smallest absolute Gasteiger partial charge is 0.341 e. The Kier molecular flexibility index (Phi) is 7.55. The van der Waals surface area contributed by atoms with Crippen LogP contribution in [-0.4, -0.2) is 39.0 Å². The van der Waals surface area contributed by atoms with E-state index in [0.29, 0.717) is 16.5 Å². The summed E-state index contributed by atoms with van der Waals surface area (Å²) in [4.78, 5) is 38.6. The van der Waals surface area contributed by atoms with Crippen molar-refractivity contribution in [1.82, 2.24) is 0 Å². The zero-order chi connectivity index (χ0) is 24.3. The van der Waals surface area contributed by atoms with Gasteiger partial charge in [-0.3, -0.25) is 4.79 Å². The summed E-state index contributed by atoms with van der Waals surface area (Å²) in [6.07, 6.45) is 1.34. The number of benzene rings is 1. The number of ether oxygens (including phenoxy) is 2. The number of nitrogens with one attached hydrogen (secondary N) is 1. The van der Waals surface area contributed by atoms with E-state index in [4.69, 9.17) is 14.6 Å². The van der Waals surface area contributed by atoms with E-state index in [2.05, 4.69) is 12.2 Å². The number of hydrogen-bond donors (Lipinski definition) is 2. The fraction of sp³-hybridized carbons (Fsp3) is 0.409. The molecule has 9 nitrogen and oxygen atoms in total. The second-order valence-corrected chi connectivity index (χ2v) is 10.5. The van der Waals surface area contributed by atoms with Crippen LogP contribution < -0.4 is 10.5 Å². The first-order valence-corrected chi connectivity index (χ1v) is 12.8. The van der Waals surface area contributed by atoms with Crippen molar-refractivity contribution < 1.29 is 32.3 Å². The zero-order valence-corrected chi connectivity index (χ0v) is 20.2. The number of anilines is 1. The number of sulfonamides is 1. The Labute approximate surface area is 196 Å². The molecule has 3 rings (SSSR count). The van der Waals surface area contributed by atoms with Crippen LogP contribution in [0.15, 0.2) is 29.2 Å². The molecule has 0 bridgehead atoms. The molecule has 1 aliphatic rings. The van der Waals surface area contributed by atoms with Gasteiger partial charge in [-0.1, -0.05) is 6.92 Å². The highest BCUT2D eigenvalue weighted by Gasteiger charge is 2.30. The topological polar surface area (TPSA) is 142 Å². The van der Waals surface area contributed by atoms with Crippen LogP contribution >= 0.6 is 11.3 Å². The number of rotatable bonds is 7. The summed E-state index contributed by atoms with van der Waals surface area (Å²) in [5.74, 6) is -1.40. The van der Waals surface area contributed by atoms with Crippen molar-refractivity contribution in [1.29, 1.82) is 0 Å². The van der Waals surface area contributed by atoms with E-state index in [1.807, 2.05) is 0 Å². The van der Waals surface area contributed by atoms with Gasteiger partial charge in [0.05, 0.1) is 22.6 Å². The molecule has 1 heterocycles.